The molecule has 0 saturated carbocycles. The van der Waals surface area contributed by atoms with Crippen LogP contribution in [0.25, 0.3) is 0 Å². The van der Waals surface area contributed by atoms with Crippen molar-refractivity contribution in [3.63, 3.8) is 0 Å². The smallest absolute Gasteiger partial charge is 0.317 e. The molecule has 0 aromatic heterocycles. The van der Waals surface area contributed by atoms with Crippen molar-refractivity contribution in [2.45, 2.75) is 45.2 Å². The zero-order chi connectivity index (χ0) is 15.5. The van der Waals surface area contributed by atoms with E-state index in [1.807, 2.05) is 17.0 Å². The van der Waals surface area contributed by atoms with Gasteiger partial charge in [0.1, 0.15) is 0 Å². The van der Waals surface area contributed by atoms with E-state index in [2.05, 4.69) is 36.2 Å². The maximum absolute atomic E-state index is 12.5. The number of hydrogen-bond acceptors (Lipinski definition) is 2. The molecule has 3 rings (SSSR count). The Morgan fingerprint density at radius 1 is 1.23 bits per heavy atom. The number of rotatable bonds is 3. The van der Waals surface area contributed by atoms with Crippen molar-refractivity contribution in [2.24, 2.45) is 0 Å². The number of nitrogens with zero attached hydrogens (tertiary/aromatic N) is 2. The molecule has 2 fully saturated rings. The van der Waals surface area contributed by atoms with Crippen LogP contribution in [0.15, 0.2) is 24.3 Å². The summed E-state index contributed by atoms with van der Waals surface area (Å²) in [6, 6.07) is 8.96. The molecule has 1 aromatic carbocycles. The Hall–Kier alpha value is -1.55. The second-order valence-electron chi connectivity index (χ2n) is 6.66. The normalized spacial score (nSPS) is 23.7. The summed E-state index contributed by atoms with van der Waals surface area (Å²) in [5.74, 6) is 0. The fraction of sp³-hybridized carbons (Fsp3) is 0.611. The van der Waals surface area contributed by atoms with Crippen LogP contribution in [0, 0.1) is 6.92 Å². The molecule has 0 spiro atoms. The molecule has 2 heterocycles. The highest BCUT2D eigenvalue weighted by atomic mass is 16.2. The lowest BCUT2D eigenvalue weighted by molar-refractivity contribution is 0.196. The summed E-state index contributed by atoms with van der Waals surface area (Å²) >= 11 is 0. The Morgan fingerprint density at radius 3 is 2.68 bits per heavy atom. The molecular weight excluding hydrogens is 274 g/mol. The lowest BCUT2D eigenvalue weighted by atomic mass is 10.0. The first-order chi connectivity index (χ1) is 10.6. The van der Waals surface area contributed by atoms with Crippen LogP contribution in [0.3, 0.4) is 0 Å². The van der Waals surface area contributed by atoms with E-state index in [4.69, 9.17) is 0 Å². The maximum Gasteiger partial charge on any atom is 0.317 e. The lowest BCUT2D eigenvalue weighted by Gasteiger charge is -2.25. The Bertz CT molecular complexity index is 525. The monoisotopic (exact) mass is 301 g/mol. The summed E-state index contributed by atoms with van der Waals surface area (Å²) in [5, 5.41) is 3.16. The first-order valence-corrected chi connectivity index (χ1v) is 8.50. The van der Waals surface area contributed by atoms with E-state index in [-0.39, 0.29) is 12.1 Å². The summed E-state index contributed by atoms with van der Waals surface area (Å²) in [5.41, 5.74) is 2.43. The molecule has 2 atom stereocenters. The van der Waals surface area contributed by atoms with Crippen LogP contribution in [0.1, 0.15) is 43.4 Å². The predicted molar refractivity (Wildman–Crippen MR) is 88.9 cm³/mol. The van der Waals surface area contributed by atoms with Gasteiger partial charge in [0, 0.05) is 19.1 Å². The van der Waals surface area contributed by atoms with E-state index in [1.54, 1.807) is 0 Å². The zero-order valence-electron chi connectivity index (χ0n) is 13.7. The average molecular weight is 301 g/mol. The van der Waals surface area contributed by atoms with Gasteiger partial charge in [-0.3, -0.25) is 4.90 Å². The number of aryl methyl sites for hydroxylation is 1. The van der Waals surface area contributed by atoms with Crippen LogP contribution < -0.4 is 5.32 Å². The number of carbonyl (C=O) groups excluding carboxylic acids is 1. The second-order valence-corrected chi connectivity index (χ2v) is 6.66. The molecule has 1 N–H and O–H groups in total. The van der Waals surface area contributed by atoms with Crippen LogP contribution in [0.5, 0.6) is 0 Å². The first kappa shape index (κ1) is 15.3. The van der Waals surface area contributed by atoms with Crippen molar-refractivity contribution in [2.75, 3.05) is 26.2 Å². The topological polar surface area (TPSA) is 35.6 Å². The predicted octanol–water partition coefficient (Wildman–Crippen LogP) is 2.94. The SMILES string of the molecule is Cc1ccccc1[C@H](C)NC(=O)N1CC[C@H](N2CCCC2)C1. The van der Waals surface area contributed by atoms with Gasteiger partial charge in [-0.1, -0.05) is 24.3 Å². The lowest BCUT2D eigenvalue weighted by Crippen LogP contribution is -2.42. The number of amides is 2. The van der Waals surface area contributed by atoms with Crippen molar-refractivity contribution < 1.29 is 4.79 Å². The molecule has 4 nitrogen and oxygen atoms in total. The van der Waals surface area contributed by atoms with Crippen LogP contribution >= 0.6 is 0 Å². The number of likely N-dealkylation sites (tertiary alicyclic amines) is 2. The van der Waals surface area contributed by atoms with Gasteiger partial charge in [-0.05, 0) is 57.3 Å². The van der Waals surface area contributed by atoms with Crippen LogP contribution in [-0.2, 0) is 0 Å². The highest BCUT2D eigenvalue weighted by molar-refractivity contribution is 5.75. The van der Waals surface area contributed by atoms with E-state index in [9.17, 15) is 4.79 Å². The van der Waals surface area contributed by atoms with Crippen molar-refractivity contribution in [1.82, 2.24) is 15.1 Å². The highest BCUT2D eigenvalue weighted by Crippen LogP contribution is 2.22. The molecule has 22 heavy (non-hydrogen) atoms. The van der Waals surface area contributed by atoms with Gasteiger partial charge in [0.2, 0.25) is 0 Å². The number of benzene rings is 1. The molecule has 0 unspecified atom stereocenters. The number of carbonyl (C=O) groups is 1. The van der Waals surface area contributed by atoms with Gasteiger partial charge in [-0.25, -0.2) is 4.79 Å². The fourth-order valence-corrected chi connectivity index (χ4v) is 3.76. The van der Waals surface area contributed by atoms with Crippen LogP contribution in [-0.4, -0.2) is 48.1 Å². The molecule has 120 valence electrons. The van der Waals surface area contributed by atoms with E-state index in [1.165, 1.54) is 37.1 Å². The summed E-state index contributed by atoms with van der Waals surface area (Å²) < 4.78 is 0. The third kappa shape index (κ3) is 3.27. The van der Waals surface area contributed by atoms with Crippen molar-refractivity contribution in [3.05, 3.63) is 35.4 Å². The summed E-state index contributed by atoms with van der Waals surface area (Å²) in [6.45, 7) is 8.34. The molecule has 2 aliphatic heterocycles. The van der Waals surface area contributed by atoms with Gasteiger partial charge in [0.25, 0.3) is 0 Å². The molecule has 1 aromatic rings. The first-order valence-electron chi connectivity index (χ1n) is 8.50. The molecule has 0 aliphatic carbocycles. The van der Waals surface area contributed by atoms with E-state index in [0.717, 1.165) is 19.5 Å². The molecule has 2 saturated heterocycles. The molecule has 2 aliphatic rings. The third-order valence-corrected chi connectivity index (χ3v) is 5.10. The summed E-state index contributed by atoms with van der Waals surface area (Å²) in [6.07, 6.45) is 3.74. The van der Waals surface area contributed by atoms with E-state index >= 15 is 0 Å². The van der Waals surface area contributed by atoms with Gasteiger partial charge in [0.15, 0.2) is 0 Å². The van der Waals surface area contributed by atoms with Gasteiger partial charge in [0.05, 0.1) is 6.04 Å². The Balaban J connectivity index is 1.55. The Kier molecular flexibility index (Phi) is 4.67. The summed E-state index contributed by atoms with van der Waals surface area (Å²) in [7, 11) is 0. The van der Waals surface area contributed by atoms with Crippen molar-refractivity contribution in [1.29, 1.82) is 0 Å². The van der Waals surface area contributed by atoms with Crippen molar-refractivity contribution >= 4 is 6.03 Å². The molecule has 0 bridgehead atoms. The zero-order valence-corrected chi connectivity index (χ0v) is 13.7. The quantitative estimate of drug-likeness (QED) is 0.931. The number of nitrogens with one attached hydrogen (secondary N) is 1. The molecular formula is C18H27N3O. The fourth-order valence-electron chi connectivity index (χ4n) is 3.76. The van der Waals surface area contributed by atoms with Crippen LogP contribution in [0.2, 0.25) is 0 Å². The average Bonchev–Trinajstić information content (AvgIpc) is 3.18. The molecule has 0 radical (unpaired) electrons. The number of hydrogen-bond donors (Lipinski definition) is 1. The Labute approximate surface area is 133 Å². The minimum absolute atomic E-state index is 0.0551. The van der Waals surface area contributed by atoms with Gasteiger partial charge in [-0.15, -0.1) is 0 Å². The standard InChI is InChI=1S/C18H27N3O/c1-14-7-3-4-8-17(14)15(2)19-18(22)21-12-9-16(13-21)20-10-5-6-11-20/h3-4,7-8,15-16H,5-6,9-13H2,1-2H3,(H,19,22)/t15-,16-/m0/s1. The highest BCUT2D eigenvalue weighted by Gasteiger charge is 2.31. The van der Waals surface area contributed by atoms with E-state index in [0.29, 0.717) is 6.04 Å². The minimum Gasteiger partial charge on any atom is -0.331 e. The summed E-state index contributed by atoms with van der Waals surface area (Å²) in [4.78, 5) is 17.0. The minimum atomic E-state index is 0.0551. The number of urea groups is 1. The van der Waals surface area contributed by atoms with E-state index < -0.39 is 0 Å². The second kappa shape index (κ2) is 6.69. The van der Waals surface area contributed by atoms with Crippen molar-refractivity contribution in [3.8, 4) is 0 Å². The maximum atomic E-state index is 12.5. The van der Waals surface area contributed by atoms with Gasteiger partial charge >= 0.3 is 6.03 Å². The molecule has 2 amide bonds. The Morgan fingerprint density at radius 2 is 1.95 bits per heavy atom. The third-order valence-electron chi connectivity index (χ3n) is 5.10. The largest absolute Gasteiger partial charge is 0.331 e. The molecule has 4 heteroatoms. The van der Waals surface area contributed by atoms with Gasteiger partial charge < -0.3 is 10.2 Å². The van der Waals surface area contributed by atoms with Gasteiger partial charge in [-0.2, -0.15) is 0 Å². The van der Waals surface area contributed by atoms with Crippen LogP contribution in [0.4, 0.5) is 4.79 Å².